The fourth-order valence-corrected chi connectivity index (χ4v) is 2.26. The van der Waals surface area contributed by atoms with Crippen LogP contribution in [0.1, 0.15) is 10.5 Å². The fraction of sp³-hybridized carbons (Fsp3) is 0.375. The van der Waals surface area contributed by atoms with Gasteiger partial charge in [0.1, 0.15) is 12.0 Å². The zero-order chi connectivity index (χ0) is 20.4. The molecule has 0 saturated carbocycles. The van der Waals surface area contributed by atoms with Crippen molar-refractivity contribution in [1.29, 1.82) is 0 Å². The first kappa shape index (κ1) is 20.9. The van der Waals surface area contributed by atoms with Crippen LogP contribution < -0.4 is 15.8 Å². The number of pyridine rings is 1. The summed E-state index contributed by atoms with van der Waals surface area (Å²) in [7, 11) is 3.06. The van der Waals surface area contributed by atoms with Crippen LogP contribution in [0.4, 0.5) is 17.3 Å². The number of carbonyl (C=O) groups is 1. The summed E-state index contributed by atoms with van der Waals surface area (Å²) in [5.74, 6) is -0.631. The lowest BCUT2D eigenvalue weighted by Gasteiger charge is -2.23. The molecule has 150 valence electrons. The third-order valence-electron chi connectivity index (χ3n) is 3.61. The Bertz CT molecular complexity index is 782. The summed E-state index contributed by atoms with van der Waals surface area (Å²) in [5.41, 5.74) is 4.60. The normalized spacial score (nSPS) is 10.4. The molecule has 0 atom stereocenters. The molecule has 12 nitrogen and oxygen atoms in total. The molecule has 0 unspecified atom stereocenters. The molecule has 0 saturated heterocycles. The van der Waals surface area contributed by atoms with Crippen LogP contribution in [-0.2, 0) is 9.47 Å². The smallest absolute Gasteiger partial charge is 0.355 e. The quantitative estimate of drug-likeness (QED) is 0.413. The van der Waals surface area contributed by atoms with E-state index in [0.29, 0.717) is 26.3 Å². The number of anilines is 2. The van der Waals surface area contributed by atoms with Crippen molar-refractivity contribution in [3.05, 3.63) is 46.5 Å². The average Bonchev–Trinajstić information content (AvgIpc) is 2.72. The predicted octanol–water partition coefficient (Wildman–Crippen LogP) is 0.636. The largest absolute Gasteiger partial charge is 0.383 e. The van der Waals surface area contributed by atoms with Gasteiger partial charge in [-0.3, -0.25) is 30.7 Å². The Kier molecular flexibility index (Phi) is 7.99. The molecule has 0 bridgehead atoms. The highest BCUT2D eigenvalue weighted by Gasteiger charge is 2.27. The molecule has 2 aromatic rings. The molecule has 2 rings (SSSR count). The number of nitrogens with zero attached hydrogens (tertiary/aromatic N) is 5. The Morgan fingerprint density at radius 3 is 2.46 bits per heavy atom. The number of ether oxygens (including phenoxy) is 2. The molecule has 0 fully saturated rings. The van der Waals surface area contributed by atoms with Gasteiger partial charge in [-0.25, -0.2) is 9.97 Å². The molecule has 0 aliphatic rings. The van der Waals surface area contributed by atoms with Gasteiger partial charge in [-0.1, -0.05) is 6.07 Å². The number of aromatic nitrogens is 3. The molecule has 2 heterocycles. The molecule has 28 heavy (non-hydrogen) atoms. The topological polar surface area (TPSA) is 145 Å². The highest BCUT2D eigenvalue weighted by Crippen LogP contribution is 2.31. The van der Waals surface area contributed by atoms with Gasteiger partial charge in [0, 0.05) is 33.5 Å². The van der Waals surface area contributed by atoms with E-state index in [1.54, 1.807) is 17.0 Å². The average molecular weight is 391 g/mol. The van der Waals surface area contributed by atoms with Gasteiger partial charge in [0.05, 0.1) is 18.1 Å². The maximum Gasteiger partial charge on any atom is 0.355 e. The van der Waals surface area contributed by atoms with E-state index >= 15 is 0 Å². The molecule has 0 radical (unpaired) electrons. The summed E-state index contributed by atoms with van der Waals surface area (Å²) in [5, 5.41) is 11.7. The molecular weight excluding hydrogens is 370 g/mol. The molecule has 2 aromatic heterocycles. The summed E-state index contributed by atoms with van der Waals surface area (Å²) < 4.78 is 10.1. The summed E-state index contributed by atoms with van der Waals surface area (Å²) >= 11 is 0. The van der Waals surface area contributed by atoms with Crippen molar-refractivity contribution in [2.45, 2.75) is 0 Å². The minimum absolute atomic E-state index is 0.0867. The molecule has 0 aliphatic heterocycles. The van der Waals surface area contributed by atoms with Crippen LogP contribution in [0.3, 0.4) is 0 Å². The third kappa shape index (κ3) is 5.56. The SMILES string of the molecule is COCCN(CCOC)c1ncnc(NNC(=O)c2ccccn2)c1[N+](=O)[O-]. The van der Waals surface area contributed by atoms with E-state index in [2.05, 4.69) is 25.8 Å². The Hall–Kier alpha value is -3.38. The second-order valence-electron chi connectivity index (χ2n) is 5.42. The highest BCUT2D eigenvalue weighted by atomic mass is 16.6. The first-order valence-corrected chi connectivity index (χ1v) is 8.28. The molecule has 0 aromatic carbocycles. The lowest BCUT2D eigenvalue weighted by Crippen LogP contribution is -2.33. The van der Waals surface area contributed by atoms with Gasteiger partial charge in [-0.15, -0.1) is 0 Å². The van der Waals surface area contributed by atoms with Gasteiger partial charge in [-0.2, -0.15) is 0 Å². The second-order valence-corrected chi connectivity index (χ2v) is 5.42. The van der Waals surface area contributed by atoms with Crippen LogP contribution in [0.5, 0.6) is 0 Å². The molecular formula is C16H21N7O5. The number of amides is 1. The second kappa shape index (κ2) is 10.7. The lowest BCUT2D eigenvalue weighted by atomic mass is 10.3. The molecule has 0 aliphatic carbocycles. The predicted molar refractivity (Wildman–Crippen MR) is 100.0 cm³/mol. The Labute approximate surface area is 161 Å². The fourth-order valence-electron chi connectivity index (χ4n) is 2.26. The van der Waals surface area contributed by atoms with Gasteiger partial charge in [0.2, 0.25) is 11.6 Å². The number of hydrazine groups is 1. The molecule has 2 N–H and O–H groups in total. The van der Waals surface area contributed by atoms with Crippen molar-refractivity contribution in [3.8, 4) is 0 Å². The summed E-state index contributed by atoms with van der Waals surface area (Å²) in [4.78, 5) is 36.7. The number of rotatable bonds is 11. The van der Waals surface area contributed by atoms with Gasteiger partial charge in [-0.05, 0) is 12.1 Å². The van der Waals surface area contributed by atoms with Gasteiger partial charge >= 0.3 is 5.69 Å². The van der Waals surface area contributed by atoms with Crippen LogP contribution >= 0.6 is 0 Å². The van der Waals surface area contributed by atoms with E-state index in [0.717, 1.165) is 0 Å². The van der Waals surface area contributed by atoms with Crippen LogP contribution in [0.15, 0.2) is 30.7 Å². The number of methoxy groups -OCH3 is 2. The van der Waals surface area contributed by atoms with E-state index in [1.807, 2.05) is 0 Å². The number of carbonyl (C=O) groups excluding carboxylic acids is 1. The van der Waals surface area contributed by atoms with Crippen molar-refractivity contribution < 1.29 is 19.2 Å². The molecule has 1 amide bonds. The maximum atomic E-state index is 12.1. The van der Waals surface area contributed by atoms with Crippen LogP contribution in [0.25, 0.3) is 0 Å². The first-order valence-electron chi connectivity index (χ1n) is 8.28. The Morgan fingerprint density at radius 2 is 1.89 bits per heavy atom. The van der Waals surface area contributed by atoms with Crippen molar-refractivity contribution in [2.75, 3.05) is 50.8 Å². The summed E-state index contributed by atoms with van der Waals surface area (Å²) in [6.07, 6.45) is 2.63. The van der Waals surface area contributed by atoms with Gasteiger partial charge in [0.25, 0.3) is 5.91 Å². The number of hydrogen-bond acceptors (Lipinski definition) is 10. The third-order valence-corrected chi connectivity index (χ3v) is 3.61. The van der Waals surface area contributed by atoms with E-state index in [9.17, 15) is 14.9 Å². The number of hydrogen-bond donors (Lipinski definition) is 2. The zero-order valence-corrected chi connectivity index (χ0v) is 15.5. The molecule has 0 spiro atoms. The molecule has 12 heteroatoms. The zero-order valence-electron chi connectivity index (χ0n) is 15.5. The van der Waals surface area contributed by atoms with E-state index in [-0.39, 0.29) is 23.0 Å². The first-order chi connectivity index (χ1) is 13.6. The van der Waals surface area contributed by atoms with Gasteiger partial charge < -0.3 is 14.4 Å². The van der Waals surface area contributed by atoms with Crippen LogP contribution in [0.2, 0.25) is 0 Å². The van der Waals surface area contributed by atoms with Gasteiger partial charge in [0.15, 0.2) is 0 Å². The van der Waals surface area contributed by atoms with Crippen molar-refractivity contribution >= 4 is 23.2 Å². The minimum Gasteiger partial charge on any atom is -0.383 e. The highest BCUT2D eigenvalue weighted by molar-refractivity contribution is 5.93. The lowest BCUT2D eigenvalue weighted by molar-refractivity contribution is -0.383. The Balaban J connectivity index is 2.25. The maximum absolute atomic E-state index is 12.1. The van der Waals surface area contributed by atoms with E-state index in [4.69, 9.17) is 9.47 Å². The van der Waals surface area contributed by atoms with Crippen molar-refractivity contribution in [1.82, 2.24) is 20.4 Å². The van der Waals surface area contributed by atoms with Crippen molar-refractivity contribution in [2.24, 2.45) is 0 Å². The van der Waals surface area contributed by atoms with E-state index in [1.165, 1.54) is 32.8 Å². The Morgan fingerprint density at radius 1 is 1.18 bits per heavy atom. The van der Waals surface area contributed by atoms with E-state index < -0.39 is 10.8 Å². The van der Waals surface area contributed by atoms with Crippen LogP contribution in [-0.4, -0.2) is 66.3 Å². The number of nitrogens with one attached hydrogen (secondary N) is 2. The number of nitro groups is 1. The summed E-state index contributed by atoms with van der Waals surface area (Å²) in [6, 6.07) is 4.82. The van der Waals surface area contributed by atoms with Crippen LogP contribution in [0, 0.1) is 10.1 Å². The summed E-state index contributed by atoms with van der Waals surface area (Å²) in [6.45, 7) is 1.39. The van der Waals surface area contributed by atoms with Crippen molar-refractivity contribution in [3.63, 3.8) is 0 Å². The minimum atomic E-state index is -0.614. The monoisotopic (exact) mass is 391 g/mol. The standard InChI is InChI=1S/C16H21N7O5/c1-27-9-7-22(8-10-28-2)15-13(23(25)26)14(18-11-19-15)20-21-16(24)12-5-3-4-6-17-12/h3-6,11H,7-10H2,1-2H3,(H,21,24)(H,18,19,20).